The van der Waals surface area contributed by atoms with Gasteiger partial charge < -0.3 is 15.3 Å². The Balaban J connectivity index is 1.56. The number of aliphatic hydroxyl groups is 1. The molecule has 0 aromatic rings. The fourth-order valence-electron chi connectivity index (χ4n) is 5.18. The van der Waals surface area contributed by atoms with Crippen LogP contribution in [-0.4, -0.2) is 46.2 Å². The van der Waals surface area contributed by atoms with Crippen molar-refractivity contribution in [3.63, 3.8) is 0 Å². The SMILES string of the molecule is CC1[C@@H](C)C[C@@H](C#N)N1C(=O)CNC1(C)C[C@H]2CC(O)C[C@H]2C1. The Kier molecular flexibility index (Phi) is 4.41. The van der Waals surface area contributed by atoms with E-state index in [1.165, 1.54) is 0 Å². The maximum atomic E-state index is 12.6. The van der Waals surface area contributed by atoms with Gasteiger partial charge in [-0.25, -0.2) is 0 Å². The van der Waals surface area contributed by atoms with Crippen LogP contribution < -0.4 is 5.32 Å². The van der Waals surface area contributed by atoms with Crippen LogP contribution in [0, 0.1) is 29.1 Å². The van der Waals surface area contributed by atoms with Crippen LogP contribution in [-0.2, 0) is 4.79 Å². The minimum atomic E-state index is -0.278. The fourth-order valence-corrected chi connectivity index (χ4v) is 5.18. The Labute approximate surface area is 139 Å². The van der Waals surface area contributed by atoms with Crippen molar-refractivity contribution >= 4 is 5.91 Å². The van der Waals surface area contributed by atoms with E-state index in [1.54, 1.807) is 4.90 Å². The molecule has 2 N–H and O–H groups in total. The zero-order valence-corrected chi connectivity index (χ0v) is 14.5. The average molecular weight is 319 g/mol. The third-order valence-electron chi connectivity index (χ3n) is 6.54. The van der Waals surface area contributed by atoms with E-state index in [4.69, 9.17) is 0 Å². The van der Waals surface area contributed by atoms with E-state index in [0.717, 1.165) is 32.1 Å². The molecule has 7 atom stereocenters. The lowest BCUT2D eigenvalue weighted by molar-refractivity contribution is -0.132. The van der Waals surface area contributed by atoms with Gasteiger partial charge in [-0.15, -0.1) is 0 Å². The van der Waals surface area contributed by atoms with Crippen LogP contribution in [0.15, 0.2) is 0 Å². The Morgan fingerprint density at radius 1 is 1.30 bits per heavy atom. The second kappa shape index (κ2) is 6.07. The van der Waals surface area contributed by atoms with Gasteiger partial charge in [-0.05, 0) is 63.7 Å². The molecular weight excluding hydrogens is 290 g/mol. The number of aliphatic hydroxyl groups excluding tert-OH is 1. The second-order valence-corrected chi connectivity index (χ2v) is 8.37. The summed E-state index contributed by atoms with van der Waals surface area (Å²) in [7, 11) is 0. The minimum Gasteiger partial charge on any atom is -0.393 e. The first-order valence-electron chi connectivity index (χ1n) is 8.97. The first-order chi connectivity index (χ1) is 10.8. The van der Waals surface area contributed by atoms with Crippen LogP contribution in [0.25, 0.3) is 0 Å². The highest BCUT2D eigenvalue weighted by atomic mass is 16.3. The maximum absolute atomic E-state index is 12.6. The Morgan fingerprint density at radius 2 is 1.91 bits per heavy atom. The standard InChI is InChI=1S/C18H29N3O2/c1-11-4-15(9-19)21(12(11)2)17(23)10-20-18(3)7-13-5-16(22)6-14(13)8-18/h11-16,20,22H,4-8,10H2,1-3H3/t11-,12?,13-,14+,15-,16?,18?/m0/s1. The van der Waals surface area contributed by atoms with Crippen molar-refractivity contribution in [1.29, 1.82) is 5.26 Å². The largest absolute Gasteiger partial charge is 0.393 e. The lowest BCUT2D eigenvalue weighted by atomic mass is 9.95. The summed E-state index contributed by atoms with van der Waals surface area (Å²) >= 11 is 0. The van der Waals surface area contributed by atoms with Gasteiger partial charge in [0.05, 0.1) is 18.7 Å². The number of carbonyl (C=O) groups excluding carboxylic acids is 1. The highest BCUT2D eigenvalue weighted by Gasteiger charge is 2.47. The highest BCUT2D eigenvalue weighted by Crippen LogP contribution is 2.48. The van der Waals surface area contributed by atoms with Gasteiger partial charge in [0.15, 0.2) is 0 Å². The molecule has 0 aromatic carbocycles. The van der Waals surface area contributed by atoms with E-state index in [2.05, 4.69) is 25.2 Å². The van der Waals surface area contributed by atoms with Crippen LogP contribution in [0.5, 0.6) is 0 Å². The summed E-state index contributed by atoms with van der Waals surface area (Å²) in [6.07, 6.45) is 4.55. The number of carbonyl (C=O) groups is 1. The molecule has 3 aliphatic rings. The first-order valence-corrected chi connectivity index (χ1v) is 8.97. The quantitative estimate of drug-likeness (QED) is 0.829. The lowest BCUT2D eigenvalue weighted by Crippen LogP contribution is -2.50. The van der Waals surface area contributed by atoms with Crippen molar-refractivity contribution < 1.29 is 9.90 Å². The molecule has 1 aliphatic heterocycles. The summed E-state index contributed by atoms with van der Waals surface area (Å²) in [5.74, 6) is 1.61. The second-order valence-electron chi connectivity index (χ2n) is 8.37. The van der Waals surface area contributed by atoms with Gasteiger partial charge in [0.2, 0.25) is 5.91 Å². The fraction of sp³-hybridized carbons (Fsp3) is 0.889. The third kappa shape index (κ3) is 3.12. The van der Waals surface area contributed by atoms with Gasteiger partial charge in [-0.1, -0.05) is 6.92 Å². The number of nitrogens with zero attached hydrogens (tertiary/aromatic N) is 2. The van der Waals surface area contributed by atoms with E-state index in [0.29, 0.717) is 24.3 Å². The zero-order valence-electron chi connectivity index (χ0n) is 14.5. The monoisotopic (exact) mass is 319 g/mol. The minimum absolute atomic E-state index is 0.0121. The van der Waals surface area contributed by atoms with Crippen LogP contribution in [0.3, 0.4) is 0 Å². The predicted octanol–water partition coefficient (Wildman–Crippen LogP) is 1.66. The predicted molar refractivity (Wildman–Crippen MR) is 87.4 cm³/mol. The summed E-state index contributed by atoms with van der Waals surface area (Å²) in [6, 6.07) is 2.14. The van der Waals surface area contributed by atoms with E-state index in [1.807, 2.05) is 6.92 Å². The van der Waals surface area contributed by atoms with Crippen molar-refractivity contribution in [2.24, 2.45) is 17.8 Å². The highest BCUT2D eigenvalue weighted by molar-refractivity contribution is 5.79. The summed E-state index contributed by atoms with van der Waals surface area (Å²) in [5.41, 5.74) is -0.0121. The summed E-state index contributed by atoms with van der Waals surface area (Å²) in [6.45, 7) is 6.67. The molecule has 0 spiro atoms. The van der Waals surface area contributed by atoms with Gasteiger partial charge in [0.1, 0.15) is 6.04 Å². The van der Waals surface area contributed by atoms with Crippen molar-refractivity contribution in [3.05, 3.63) is 0 Å². The molecular formula is C18H29N3O2. The van der Waals surface area contributed by atoms with Crippen LogP contribution >= 0.6 is 0 Å². The molecule has 3 rings (SSSR count). The molecule has 128 valence electrons. The molecule has 3 fully saturated rings. The zero-order chi connectivity index (χ0) is 16.8. The van der Waals surface area contributed by atoms with Crippen LogP contribution in [0.4, 0.5) is 0 Å². The molecule has 2 aliphatic carbocycles. The lowest BCUT2D eigenvalue weighted by Gasteiger charge is -2.31. The van der Waals surface area contributed by atoms with Crippen molar-refractivity contribution in [2.75, 3.05) is 6.54 Å². The number of hydrogen-bond acceptors (Lipinski definition) is 4. The van der Waals surface area contributed by atoms with Crippen molar-refractivity contribution in [1.82, 2.24) is 10.2 Å². The molecule has 0 aromatic heterocycles. The molecule has 1 saturated heterocycles. The van der Waals surface area contributed by atoms with E-state index in [-0.39, 0.29) is 29.6 Å². The van der Waals surface area contributed by atoms with Gasteiger partial charge >= 0.3 is 0 Å². The molecule has 2 saturated carbocycles. The topological polar surface area (TPSA) is 76.4 Å². The van der Waals surface area contributed by atoms with Crippen LogP contribution in [0.1, 0.15) is 52.9 Å². The summed E-state index contributed by atoms with van der Waals surface area (Å²) in [5, 5.41) is 22.5. The Hall–Kier alpha value is -1.12. The number of nitriles is 1. The van der Waals surface area contributed by atoms with Gasteiger partial charge in [0, 0.05) is 11.6 Å². The van der Waals surface area contributed by atoms with E-state index >= 15 is 0 Å². The number of likely N-dealkylation sites (tertiary alicyclic amines) is 1. The Morgan fingerprint density at radius 3 is 2.48 bits per heavy atom. The average Bonchev–Trinajstić information content (AvgIpc) is 3.06. The van der Waals surface area contributed by atoms with E-state index < -0.39 is 0 Å². The Bertz CT molecular complexity index is 501. The number of rotatable bonds is 3. The molecule has 1 amide bonds. The van der Waals surface area contributed by atoms with Gasteiger partial charge in [-0.2, -0.15) is 5.26 Å². The van der Waals surface area contributed by atoms with Crippen molar-refractivity contribution in [3.8, 4) is 6.07 Å². The first kappa shape index (κ1) is 16.7. The number of fused-ring (bicyclic) bond motifs is 1. The number of amides is 1. The number of nitrogens with one attached hydrogen (secondary N) is 1. The summed E-state index contributed by atoms with van der Waals surface area (Å²) in [4.78, 5) is 14.4. The molecule has 0 bridgehead atoms. The summed E-state index contributed by atoms with van der Waals surface area (Å²) < 4.78 is 0. The normalized spacial score (nSPS) is 46.0. The van der Waals surface area contributed by atoms with Gasteiger partial charge in [0.25, 0.3) is 0 Å². The smallest absolute Gasteiger partial charge is 0.237 e. The molecule has 0 radical (unpaired) electrons. The van der Waals surface area contributed by atoms with Gasteiger partial charge in [-0.3, -0.25) is 4.79 Å². The molecule has 5 heteroatoms. The van der Waals surface area contributed by atoms with E-state index in [9.17, 15) is 15.2 Å². The third-order valence-corrected chi connectivity index (χ3v) is 6.54. The molecule has 1 heterocycles. The molecule has 5 nitrogen and oxygen atoms in total. The molecule has 23 heavy (non-hydrogen) atoms. The van der Waals surface area contributed by atoms with Crippen molar-refractivity contribution in [2.45, 2.75) is 76.6 Å². The maximum Gasteiger partial charge on any atom is 0.237 e. The number of hydrogen-bond donors (Lipinski definition) is 2. The van der Waals surface area contributed by atoms with Crippen LogP contribution in [0.2, 0.25) is 0 Å². The molecule has 3 unspecified atom stereocenters.